The Labute approximate surface area is 108 Å². The summed E-state index contributed by atoms with van der Waals surface area (Å²) in [5, 5.41) is 0. The molecule has 0 aromatic heterocycles. The highest BCUT2D eigenvalue weighted by Gasteiger charge is 2.17. The van der Waals surface area contributed by atoms with Gasteiger partial charge in [0.1, 0.15) is 5.78 Å². The minimum absolute atomic E-state index is 0.0322. The van der Waals surface area contributed by atoms with Gasteiger partial charge in [0.15, 0.2) is 0 Å². The predicted molar refractivity (Wildman–Crippen MR) is 65.8 cm³/mol. The number of hydrogen-bond donors (Lipinski definition) is 0. The molecule has 0 fully saturated rings. The average Bonchev–Trinajstić information content (AvgIpc) is 2.27. The van der Waals surface area contributed by atoms with Crippen molar-refractivity contribution in [3.05, 3.63) is 0 Å². The Morgan fingerprint density at radius 1 is 0.778 bits per heavy atom. The smallest absolute Gasteiger partial charge is 0.305 e. The first-order valence-electron chi connectivity index (χ1n) is 6.04. The second-order valence-corrected chi connectivity index (χ2v) is 4.72. The minimum Gasteiger partial charge on any atom is -0.469 e. The lowest BCUT2D eigenvalue weighted by atomic mass is 9.94. The summed E-state index contributed by atoms with van der Waals surface area (Å²) in [5.74, 6) is -0.621. The topological polar surface area (TPSA) is 69.7 Å². The quantitative estimate of drug-likeness (QED) is 0.620. The van der Waals surface area contributed by atoms with Gasteiger partial charge in [0, 0.05) is 25.7 Å². The van der Waals surface area contributed by atoms with Crippen LogP contribution in [0.15, 0.2) is 0 Å². The predicted octanol–water partition coefficient (Wildman–Crippen LogP) is 1.73. The van der Waals surface area contributed by atoms with E-state index in [1.165, 1.54) is 14.2 Å². The van der Waals surface area contributed by atoms with Crippen molar-refractivity contribution in [1.82, 2.24) is 0 Å². The molecule has 0 aromatic rings. The highest BCUT2D eigenvalue weighted by molar-refractivity contribution is 5.80. The van der Waals surface area contributed by atoms with Crippen molar-refractivity contribution < 1.29 is 23.9 Å². The van der Waals surface area contributed by atoms with E-state index in [0.29, 0.717) is 12.8 Å². The van der Waals surface area contributed by atoms with Crippen LogP contribution in [-0.4, -0.2) is 31.9 Å². The summed E-state index contributed by atoms with van der Waals surface area (Å²) in [7, 11) is 2.66. The third-order valence-corrected chi connectivity index (χ3v) is 2.64. The fourth-order valence-electron chi connectivity index (χ4n) is 1.74. The van der Waals surface area contributed by atoms with Crippen molar-refractivity contribution in [3.8, 4) is 0 Å². The lowest BCUT2D eigenvalue weighted by molar-refractivity contribution is -0.142. The Morgan fingerprint density at radius 2 is 1.11 bits per heavy atom. The summed E-state index contributed by atoms with van der Waals surface area (Å²) in [6.07, 6.45) is 1.16. The molecule has 0 N–H and O–H groups in total. The SMILES string of the molecule is COC(=O)CC(C)CC(=O)CC(C)CC(=O)OC. The Bertz CT molecular complexity index is 270. The molecule has 18 heavy (non-hydrogen) atoms. The maximum absolute atomic E-state index is 11.7. The van der Waals surface area contributed by atoms with Crippen LogP contribution in [0.25, 0.3) is 0 Å². The van der Waals surface area contributed by atoms with Gasteiger partial charge in [-0.3, -0.25) is 14.4 Å². The molecule has 0 spiro atoms. The normalized spacial score (nSPS) is 13.6. The Morgan fingerprint density at radius 3 is 1.39 bits per heavy atom. The monoisotopic (exact) mass is 258 g/mol. The molecule has 104 valence electrons. The maximum atomic E-state index is 11.7. The molecule has 5 nitrogen and oxygen atoms in total. The lowest BCUT2D eigenvalue weighted by Crippen LogP contribution is -2.15. The van der Waals surface area contributed by atoms with Gasteiger partial charge in [-0.25, -0.2) is 0 Å². The first-order valence-corrected chi connectivity index (χ1v) is 6.04. The minimum atomic E-state index is -0.307. The fourth-order valence-corrected chi connectivity index (χ4v) is 1.74. The van der Waals surface area contributed by atoms with E-state index in [1.807, 2.05) is 13.8 Å². The number of esters is 2. The summed E-state index contributed by atoms with van der Waals surface area (Å²) in [6, 6.07) is 0. The molecule has 0 rings (SSSR count). The van der Waals surface area contributed by atoms with E-state index in [9.17, 15) is 14.4 Å². The van der Waals surface area contributed by atoms with Crippen LogP contribution >= 0.6 is 0 Å². The Kier molecular flexibility index (Phi) is 8.00. The molecular weight excluding hydrogens is 236 g/mol. The van der Waals surface area contributed by atoms with Crippen LogP contribution in [0.4, 0.5) is 0 Å². The molecule has 0 bridgehead atoms. The van der Waals surface area contributed by atoms with Crippen molar-refractivity contribution in [1.29, 1.82) is 0 Å². The molecule has 0 heterocycles. The number of ether oxygens (including phenoxy) is 2. The van der Waals surface area contributed by atoms with E-state index in [0.717, 1.165) is 0 Å². The van der Waals surface area contributed by atoms with Crippen LogP contribution in [0.5, 0.6) is 0 Å². The summed E-state index contributed by atoms with van der Waals surface area (Å²) in [5.41, 5.74) is 0. The van der Waals surface area contributed by atoms with Crippen LogP contribution in [0.2, 0.25) is 0 Å². The lowest BCUT2D eigenvalue weighted by Gasteiger charge is -2.12. The van der Waals surface area contributed by atoms with Crippen molar-refractivity contribution in [2.24, 2.45) is 11.8 Å². The van der Waals surface area contributed by atoms with Gasteiger partial charge < -0.3 is 9.47 Å². The number of Topliss-reactive ketones (excluding diaryl/α,β-unsaturated/α-hetero) is 1. The molecule has 0 aliphatic heterocycles. The molecule has 0 saturated carbocycles. The second kappa shape index (κ2) is 8.66. The van der Waals surface area contributed by atoms with Crippen molar-refractivity contribution >= 4 is 17.7 Å². The van der Waals surface area contributed by atoms with Crippen LogP contribution in [0.1, 0.15) is 39.5 Å². The van der Waals surface area contributed by atoms with Gasteiger partial charge in [0.05, 0.1) is 14.2 Å². The zero-order valence-corrected chi connectivity index (χ0v) is 11.5. The van der Waals surface area contributed by atoms with Gasteiger partial charge in [-0.2, -0.15) is 0 Å². The largest absolute Gasteiger partial charge is 0.469 e. The average molecular weight is 258 g/mol. The summed E-state index contributed by atoms with van der Waals surface area (Å²) in [4.78, 5) is 33.7. The standard InChI is InChI=1S/C13H22O5/c1-9(7-12(15)17-3)5-11(14)6-10(2)8-13(16)18-4/h9-10H,5-8H2,1-4H3. The molecule has 2 atom stereocenters. The third-order valence-electron chi connectivity index (χ3n) is 2.64. The number of carbonyl (C=O) groups is 3. The number of rotatable bonds is 8. The van der Waals surface area contributed by atoms with Gasteiger partial charge in [0.2, 0.25) is 0 Å². The van der Waals surface area contributed by atoms with Gasteiger partial charge >= 0.3 is 11.9 Å². The van der Waals surface area contributed by atoms with Crippen LogP contribution in [0.3, 0.4) is 0 Å². The molecule has 0 aromatic carbocycles. The molecular formula is C13H22O5. The van der Waals surface area contributed by atoms with Crippen LogP contribution in [0, 0.1) is 11.8 Å². The molecule has 0 saturated heterocycles. The van der Waals surface area contributed by atoms with E-state index >= 15 is 0 Å². The van der Waals surface area contributed by atoms with Gasteiger partial charge in [-0.05, 0) is 11.8 Å². The van der Waals surface area contributed by atoms with E-state index < -0.39 is 0 Å². The fraction of sp³-hybridized carbons (Fsp3) is 0.769. The molecule has 2 unspecified atom stereocenters. The summed E-state index contributed by atoms with van der Waals surface area (Å²) in [6.45, 7) is 3.67. The van der Waals surface area contributed by atoms with Crippen LogP contribution < -0.4 is 0 Å². The first-order chi connectivity index (χ1) is 8.38. The number of hydrogen-bond acceptors (Lipinski definition) is 5. The van der Waals surface area contributed by atoms with E-state index in [2.05, 4.69) is 9.47 Å². The van der Waals surface area contributed by atoms with Gasteiger partial charge in [0.25, 0.3) is 0 Å². The first kappa shape index (κ1) is 16.6. The second-order valence-electron chi connectivity index (χ2n) is 4.72. The molecule has 0 amide bonds. The Balaban J connectivity index is 3.95. The zero-order valence-electron chi connectivity index (χ0n) is 11.5. The third kappa shape index (κ3) is 7.81. The zero-order chi connectivity index (χ0) is 14.1. The van der Waals surface area contributed by atoms with Gasteiger partial charge in [-0.1, -0.05) is 13.8 Å². The maximum Gasteiger partial charge on any atom is 0.305 e. The molecule has 5 heteroatoms. The van der Waals surface area contributed by atoms with E-state index in [4.69, 9.17) is 0 Å². The summed E-state index contributed by atoms with van der Waals surface area (Å²) < 4.78 is 9.08. The number of carbonyl (C=O) groups excluding carboxylic acids is 3. The Hall–Kier alpha value is -1.39. The van der Waals surface area contributed by atoms with E-state index in [-0.39, 0.29) is 42.4 Å². The number of ketones is 1. The summed E-state index contributed by atoms with van der Waals surface area (Å²) >= 11 is 0. The van der Waals surface area contributed by atoms with Crippen molar-refractivity contribution in [2.75, 3.05) is 14.2 Å². The molecule has 0 radical (unpaired) electrons. The van der Waals surface area contributed by atoms with Crippen molar-refractivity contribution in [3.63, 3.8) is 0 Å². The highest BCUT2D eigenvalue weighted by Crippen LogP contribution is 2.15. The van der Waals surface area contributed by atoms with Gasteiger partial charge in [-0.15, -0.1) is 0 Å². The van der Waals surface area contributed by atoms with E-state index in [1.54, 1.807) is 0 Å². The number of methoxy groups -OCH3 is 2. The highest BCUT2D eigenvalue weighted by atomic mass is 16.5. The molecule has 0 aliphatic rings. The van der Waals surface area contributed by atoms with Crippen LogP contribution in [-0.2, 0) is 23.9 Å². The molecule has 0 aliphatic carbocycles. The van der Waals surface area contributed by atoms with Crippen molar-refractivity contribution in [2.45, 2.75) is 39.5 Å².